The first-order valence-electron chi connectivity index (χ1n) is 10.1. The fourth-order valence-corrected chi connectivity index (χ4v) is 4.33. The third-order valence-electron chi connectivity index (χ3n) is 5.86. The van der Waals surface area contributed by atoms with Gasteiger partial charge in [0.15, 0.2) is 17.3 Å². The Morgan fingerprint density at radius 2 is 1.97 bits per heavy atom. The molecule has 0 aliphatic carbocycles. The van der Waals surface area contributed by atoms with E-state index < -0.39 is 5.54 Å². The van der Waals surface area contributed by atoms with E-state index in [9.17, 15) is 4.79 Å². The lowest BCUT2D eigenvalue weighted by molar-refractivity contribution is 0.509. The van der Waals surface area contributed by atoms with Gasteiger partial charge in [-0.2, -0.15) is 15.1 Å². The molecule has 0 saturated carbocycles. The van der Waals surface area contributed by atoms with Gasteiger partial charge in [0.05, 0.1) is 12.0 Å². The molecule has 1 aliphatic rings. The fourth-order valence-electron chi connectivity index (χ4n) is 4.33. The van der Waals surface area contributed by atoms with Gasteiger partial charge in [-0.3, -0.25) is 9.36 Å². The third kappa shape index (κ3) is 2.49. The quantitative estimate of drug-likeness (QED) is 0.424. The number of aromatic amines is 1. The summed E-state index contributed by atoms with van der Waals surface area (Å²) in [5, 5.41) is 4.88. The Morgan fingerprint density at radius 1 is 1.12 bits per heavy atom. The van der Waals surface area contributed by atoms with Crippen LogP contribution in [-0.4, -0.2) is 40.7 Å². The van der Waals surface area contributed by atoms with Gasteiger partial charge in [0.25, 0.3) is 5.56 Å². The Balaban J connectivity index is 1.65. The Bertz CT molecular complexity index is 1560. The molecule has 1 aromatic carbocycles. The van der Waals surface area contributed by atoms with E-state index in [4.69, 9.17) is 10.8 Å². The smallest absolute Gasteiger partial charge is 0.282 e. The second-order valence-corrected chi connectivity index (χ2v) is 7.80. The molecule has 0 spiro atoms. The van der Waals surface area contributed by atoms with Crippen molar-refractivity contribution >= 4 is 28.4 Å². The summed E-state index contributed by atoms with van der Waals surface area (Å²) in [7, 11) is 0. The number of nitrogen functional groups attached to an aromatic ring is 1. The van der Waals surface area contributed by atoms with Crippen molar-refractivity contribution in [3.05, 3.63) is 83.3 Å². The number of imidazole rings is 1. The van der Waals surface area contributed by atoms with Crippen LogP contribution in [0.4, 0.5) is 11.8 Å². The summed E-state index contributed by atoms with van der Waals surface area (Å²) >= 11 is 0. The molecule has 0 amide bonds. The monoisotopic (exact) mass is 425 g/mol. The minimum atomic E-state index is -0.799. The molecular weight excluding hydrogens is 406 g/mol. The Kier molecular flexibility index (Phi) is 3.73. The lowest BCUT2D eigenvalue weighted by Gasteiger charge is -2.36. The SMILES string of the molecule is C[C@@]1(c2nn3cccc3c(=O)n2-c2ccccc2)C=CCN1c1nc(N)nc2nc[nH]c12. The van der Waals surface area contributed by atoms with Crippen LogP contribution in [0.1, 0.15) is 12.7 Å². The second-order valence-electron chi connectivity index (χ2n) is 7.80. The first kappa shape index (κ1) is 18.3. The number of nitrogens with zero attached hydrogens (tertiary/aromatic N) is 7. The van der Waals surface area contributed by atoms with Crippen molar-refractivity contribution in [2.24, 2.45) is 0 Å². The zero-order valence-electron chi connectivity index (χ0n) is 17.2. The van der Waals surface area contributed by atoms with Crippen LogP contribution in [0, 0.1) is 0 Å². The number of aromatic nitrogens is 7. The molecule has 0 unspecified atom stereocenters. The normalized spacial score (nSPS) is 18.2. The summed E-state index contributed by atoms with van der Waals surface area (Å²) in [4.78, 5) is 31.7. The average molecular weight is 425 g/mol. The number of anilines is 2. The van der Waals surface area contributed by atoms with E-state index in [-0.39, 0.29) is 11.5 Å². The van der Waals surface area contributed by atoms with Gasteiger partial charge in [-0.15, -0.1) is 0 Å². The highest BCUT2D eigenvalue weighted by Crippen LogP contribution is 2.38. The van der Waals surface area contributed by atoms with Crippen molar-refractivity contribution in [3.8, 4) is 5.69 Å². The molecular formula is C22H19N9O. The maximum atomic E-state index is 13.6. The second kappa shape index (κ2) is 6.51. The van der Waals surface area contributed by atoms with E-state index in [1.54, 1.807) is 27.7 Å². The highest BCUT2D eigenvalue weighted by molar-refractivity contribution is 5.85. The predicted molar refractivity (Wildman–Crippen MR) is 121 cm³/mol. The van der Waals surface area contributed by atoms with Gasteiger partial charge in [0, 0.05) is 12.7 Å². The molecule has 5 aromatic rings. The highest BCUT2D eigenvalue weighted by atomic mass is 16.1. The lowest BCUT2D eigenvalue weighted by Crippen LogP contribution is -2.45. The summed E-state index contributed by atoms with van der Waals surface area (Å²) in [6, 6.07) is 13.1. The highest BCUT2D eigenvalue weighted by Gasteiger charge is 2.41. The van der Waals surface area contributed by atoms with Gasteiger partial charge < -0.3 is 15.6 Å². The number of nitrogens with one attached hydrogen (secondary N) is 1. The van der Waals surface area contributed by atoms with Crippen LogP contribution in [0.15, 0.2) is 71.9 Å². The Hall–Kier alpha value is -4.47. The van der Waals surface area contributed by atoms with Gasteiger partial charge in [-0.05, 0) is 31.2 Å². The average Bonchev–Trinajstić information content (AvgIpc) is 3.53. The minimum Gasteiger partial charge on any atom is -0.368 e. The molecule has 5 heterocycles. The van der Waals surface area contributed by atoms with Crippen LogP contribution >= 0.6 is 0 Å². The van der Waals surface area contributed by atoms with Gasteiger partial charge >= 0.3 is 0 Å². The zero-order valence-corrected chi connectivity index (χ0v) is 17.2. The molecule has 6 rings (SSSR count). The van der Waals surface area contributed by atoms with Gasteiger partial charge in [0.1, 0.15) is 16.6 Å². The molecule has 0 saturated heterocycles. The van der Waals surface area contributed by atoms with E-state index >= 15 is 0 Å². The van der Waals surface area contributed by atoms with Gasteiger partial charge in [0.2, 0.25) is 5.95 Å². The van der Waals surface area contributed by atoms with Crippen LogP contribution in [0.3, 0.4) is 0 Å². The number of benzene rings is 1. The predicted octanol–water partition coefficient (Wildman–Crippen LogP) is 2.03. The number of para-hydroxylation sites is 1. The van der Waals surface area contributed by atoms with Crippen molar-refractivity contribution in [3.63, 3.8) is 0 Å². The van der Waals surface area contributed by atoms with Gasteiger partial charge in [-0.1, -0.05) is 30.4 Å². The van der Waals surface area contributed by atoms with Crippen molar-refractivity contribution in [1.82, 2.24) is 34.1 Å². The number of hydrogen-bond acceptors (Lipinski definition) is 7. The van der Waals surface area contributed by atoms with Crippen LogP contribution in [0.5, 0.6) is 0 Å². The van der Waals surface area contributed by atoms with Crippen LogP contribution in [0.25, 0.3) is 22.4 Å². The van der Waals surface area contributed by atoms with E-state index in [2.05, 4.69) is 19.9 Å². The van der Waals surface area contributed by atoms with Crippen molar-refractivity contribution in [1.29, 1.82) is 0 Å². The Labute approximate surface area is 181 Å². The van der Waals surface area contributed by atoms with Crippen LogP contribution in [0.2, 0.25) is 0 Å². The molecule has 0 radical (unpaired) electrons. The summed E-state index contributed by atoms with van der Waals surface area (Å²) in [5.41, 5.74) is 7.42. The number of nitrogens with two attached hydrogens (primary N) is 1. The molecule has 1 aliphatic heterocycles. The van der Waals surface area contributed by atoms with E-state index in [1.165, 1.54) is 0 Å². The lowest BCUT2D eigenvalue weighted by atomic mass is 10.00. The summed E-state index contributed by atoms with van der Waals surface area (Å²) < 4.78 is 3.28. The molecule has 0 bridgehead atoms. The fraction of sp³-hybridized carbons (Fsp3) is 0.136. The van der Waals surface area contributed by atoms with Crippen molar-refractivity contribution in [2.75, 3.05) is 17.2 Å². The zero-order chi connectivity index (χ0) is 21.9. The van der Waals surface area contributed by atoms with Crippen LogP contribution < -0.4 is 16.2 Å². The van der Waals surface area contributed by atoms with E-state index in [0.717, 1.165) is 5.69 Å². The standard InChI is InChI=1S/C22H19N9O/c1-22(10-6-11-29(22)18-16-17(25-13-24-16)26-21(23)27-18)20-28-30-12-5-9-15(30)19(32)31(20)14-7-3-2-4-8-14/h2-10,12-13H,11H2,1H3,(H3,23,24,25,26,27)/t22-/m0/s1. The molecule has 10 heteroatoms. The molecule has 1 atom stereocenters. The van der Waals surface area contributed by atoms with Gasteiger partial charge in [-0.25, -0.2) is 9.50 Å². The molecule has 3 N–H and O–H groups in total. The maximum absolute atomic E-state index is 13.6. The van der Waals surface area contributed by atoms with E-state index in [0.29, 0.717) is 34.9 Å². The van der Waals surface area contributed by atoms with Crippen molar-refractivity contribution < 1.29 is 0 Å². The first-order chi connectivity index (χ1) is 15.6. The summed E-state index contributed by atoms with van der Waals surface area (Å²) in [6.45, 7) is 2.56. The molecule has 10 nitrogen and oxygen atoms in total. The number of H-pyrrole nitrogens is 1. The minimum absolute atomic E-state index is 0.128. The molecule has 158 valence electrons. The Morgan fingerprint density at radius 3 is 2.81 bits per heavy atom. The number of fused-ring (bicyclic) bond motifs is 2. The molecule has 32 heavy (non-hydrogen) atoms. The molecule has 0 fully saturated rings. The first-order valence-corrected chi connectivity index (χ1v) is 10.1. The van der Waals surface area contributed by atoms with E-state index in [1.807, 2.05) is 60.4 Å². The number of rotatable bonds is 3. The third-order valence-corrected chi connectivity index (χ3v) is 5.86. The van der Waals surface area contributed by atoms with Crippen molar-refractivity contribution in [2.45, 2.75) is 12.5 Å². The van der Waals surface area contributed by atoms with Crippen LogP contribution in [-0.2, 0) is 5.54 Å². The topological polar surface area (TPSA) is 123 Å². The largest absolute Gasteiger partial charge is 0.368 e. The summed E-state index contributed by atoms with van der Waals surface area (Å²) in [6.07, 6.45) is 7.40. The summed E-state index contributed by atoms with van der Waals surface area (Å²) in [5.74, 6) is 1.28. The number of hydrogen-bond donors (Lipinski definition) is 2. The maximum Gasteiger partial charge on any atom is 0.282 e. The molecule has 4 aromatic heterocycles.